The zero-order valence-corrected chi connectivity index (χ0v) is 12.8. The van der Waals surface area contributed by atoms with Crippen LogP contribution in [0.15, 0.2) is 6.07 Å². The number of Topliss-reactive ketones (excluding diaryl/α,β-unsaturated/α-hetero) is 1. The first-order chi connectivity index (χ1) is 9.36. The van der Waals surface area contributed by atoms with Crippen molar-refractivity contribution in [2.45, 2.75) is 32.4 Å². The Morgan fingerprint density at radius 1 is 1.50 bits per heavy atom. The maximum Gasteiger partial charge on any atom is 0.178 e. The molecule has 0 spiro atoms. The first-order valence-corrected chi connectivity index (χ1v) is 7.13. The van der Waals surface area contributed by atoms with Gasteiger partial charge in [-0.15, -0.1) is 0 Å². The van der Waals surface area contributed by atoms with Gasteiger partial charge in [0.05, 0.1) is 12.6 Å². The van der Waals surface area contributed by atoms with Crippen LogP contribution in [0.2, 0.25) is 0 Å². The molecule has 2 atom stereocenters. The highest BCUT2D eigenvalue weighted by Crippen LogP contribution is 2.20. The van der Waals surface area contributed by atoms with E-state index in [-0.39, 0.29) is 17.9 Å². The summed E-state index contributed by atoms with van der Waals surface area (Å²) in [6.07, 6.45) is 0.429. The fourth-order valence-electron chi connectivity index (χ4n) is 3.05. The smallest absolute Gasteiger partial charge is 0.178 e. The van der Waals surface area contributed by atoms with Crippen LogP contribution < -0.4 is 0 Å². The standard InChI is InChI=1S/C15H25N3O2/c1-10-5-14(11(2)16-10)15(20)9-18-8-13(19)6-12(18)7-17(3)4/h5,12-13,16,19H,6-9H2,1-4H3. The molecule has 1 aromatic rings. The Morgan fingerprint density at radius 2 is 2.20 bits per heavy atom. The van der Waals surface area contributed by atoms with Crippen molar-refractivity contribution in [2.24, 2.45) is 0 Å². The number of carbonyl (C=O) groups excluding carboxylic acids is 1. The number of ketones is 1. The second-order valence-electron chi connectivity index (χ2n) is 6.15. The van der Waals surface area contributed by atoms with Crippen molar-refractivity contribution in [1.29, 1.82) is 0 Å². The number of hydrogen-bond donors (Lipinski definition) is 2. The number of nitrogens with one attached hydrogen (secondary N) is 1. The minimum atomic E-state index is -0.318. The summed E-state index contributed by atoms with van der Waals surface area (Å²) < 4.78 is 0. The summed E-state index contributed by atoms with van der Waals surface area (Å²) >= 11 is 0. The van der Waals surface area contributed by atoms with Crippen LogP contribution in [-0.2, 0) is 0 Å². The van der Waals surface area contributed by atoms with Crippen molar-refractivity contribution in [3.8, 4) is 0 Å². The number of nitrogens with zero attached hydrogens (tertiary/aromatic N) is 2. The Hall–Kier alpha value is -1.17. The average molecular weight is 279 g/mol. The molecule has 1 aliphatic heterocycles. The largest absolute Gasteiger partial charge is 0.392 e. The highest BCUT2D eigenvalue weighted by molar-refractivity contribution is 5.98. The first kappa shape index (κ1) is 15.2. The molecule has 1 aromatic heterocycles. The Labute approximate surface area is 120 Å². The highest BCUT2D eigenvalue weighted by atomic mass is 16.3. The molecule has 0 saturated carbocycles. The van der Waals surface area contributed by atoms with Gasteiger partial charge in [-0.3, -0.25) is 9.69 Å². The number of aromatic amines is 1. The predicted molar refractivity (Wildman–Crippen MR) is 79.1 cm³/mol. The van der Waals surface area contributed by atoms with E-state index in [0.717, 1.165) is 29.9 Å². The first-order valence-electron chi connectivity index (χ1n) is 7.13. The van der Waals surface area contributed by atoms with Crippen LogP contribution in [0, 0.1) is 13.8 Å². The van der Waals surface area contributed by atoms with E-state index in [4.69, 9.17) is 0 Å². The highest BCUT2D eigenvalue weighted by Gasteiger charge is 2.32. The molecule has 0 radical (unpaired) electrons. The monoisotopic (exact) mass is 279 g/mol. The fourth-order valence-corrected chi connectivity index (χ4v) is 3.05. The number of rotatable bonds is 5. The lowest BCUT2D eigenvalue weighted by Gasteiger charge is -2.25. The number of aryl methyl sites for hydroxylation is 2. The van der Waals surface area contributed by atoms with Crippen molar-refractivity contribution >= 4 is 5.78 Å². The summed E-state index contributed by atoms with van der Waals surface area (Å²) in [7, 11) is 4.04. The normalized spacial score (nSPS) is 23.7. The molecule has 1 aliphatic rings. The Bertz CT molecular complexity index is 481. The number of aliphatic hydroxyl groups is 1. The van der Waals surface area contributed by atoms with Gasteiger partial charge in [-0.2, -0.15) is 0 Å². The van der Waals surface area contributed by atoms with E-state index < -0.39 is 0 Å². The molecular formula is C15H25N3O2. The zero-order valence-electron chi connectivity index (χ0n) is 12.8. The van der Waals surface area contributed by atoms with Gasteiger partial charge in [0, 0.05) is 36.1 Å². The lowest BCUT2D eigenvalue weighted by Crippen LogP contribution is -2.40. The van der Waals surface area contributed by atoms with E-state index >= 15 is 0 Å². The van der Waals surface area contributed by atoms with Crippen LogP contribution in [0.5, 0.6) is 0 Å². The molecule has 0 amide bonds. The van der Waals surface area contributed by atoms with Crippen molar-refractivity contribution in [3.05, 3.63) is 23.0 Å². The number of likely N-dealkylation sites (N-methyl/N-ethyl adjacent to an activating group) is 1. The molecule has 0 bridgehead atoms. The Balaban J connectivity index is 2.04. The van der Waals surface area contributed by atoms with Crippen LogP contribution in [0.25, 0.3) is 0 Å². The van der Waals surface area contributed by atoms with Crippen molar-refractivity contribution < 1.29 is 9.90 Å². The number of likely N-dealkylation sites (tertiary alicyclic amines) is 1. The van der Waals surface area contributed by atoms with E-state index in [0.29, 0.717) is 13.1 Å². The van der Waals surface area contributed by atoms with Gasteiger partial charge >= 0.3 is 0 Å². The third-order valence-electron chi connectivity index (χ3n) is 3.88. The minimum absolute atomic E-state index is 0.129. The molecule has 2 N–H and O–H groups in total. The second-order valence-corrected chi connectivity index (χ2v) is 6.15. The maximum atomic E-state index is 12.4. The molecule has 1 saturated heterocycles. The van der Waals surface area contributed by atoms with Gasteiger partial charge in [0.25, 0.3) is 0 Å². The number of aromatic nitrogens is 1. The second kappa shape index (κ2) is 6.08. The minimum Gasteiger partial charge on any atom is -0.392 e. The number of hydrogen-bond acceptors (Lipinski definition) is 4. The summed E-state index contributed by atoms with van der Waals surface area (Å²) in [5.41, 5.74) is 2.71. The fraction of sp³-hybridized carbons (Fsp3) is 0.667. The van der Waals surface area contributed by atoms with Gasteiger partial charge in [0.15, 0.2) is 5.78 Å². The molecule has 0 aromatic carbocycles. The average Bonchev–Trinajstić information content (AvgIpc) is 2.81. The lowest BCUT2D eigenvalue weighted by atomic mass is 10.1. The van der Waals surface area contributed by atoms with E-state index in [9.17, 15) is 9.90 Å². The van der Waals surface area contributed by atoms with Gasteiger partial charge in [-0.25, -0.2) is 0 Å². The quantitative estimate of drug-likeness (QED) is 0.783. The van der Waals surface area contributed by atoms with Crippen LogP contribution >= 0.6 is 0 Å². The van der Waals surface area contributed by atoms with Gasteiger partial charge in [-0.05, 0) is 40.4 Å². The van der Waals surface area contributed by atoms with Crippen molar-refractivity contribution in [1.82, 2.24) is 14.8 Å². The molecule has 112 valence electrons. The summed E-state index contributed by atoms with van der Waals surface area (Å²) in [5, 5.41) is 9.85. The molecule has 5 heteroatoms. The molecule has 20 heavy (non-hydrogen) atoms. The van der Waals surface area contributed by atoms with Crippen LogP contribution in [0.1, 0.15) is 28.2 Å². The predicted octanol–water partition coefficient (Wildman–Crippen LogP) is 0.811. The topological polar surface area (TPSA) is 59.6 Å². The summed E-state index contributed by atoms with van der Waals surface area (Å²) in [4.78, 5) is 19.8. The third kappa shape index (κ3) is 3.48. The van der Waals surface area contributed by atoms with Crippen LogP contribution in [0.3, 0.4) is 0 Å². The molecular weight excluding hydrogens is 254 g/mol. The zero-order chi connectivity index (χ0) is 14.9. The molecule has 5 nitrogen and oxygen atoms in total. The van der Waals surface area contributed by atoms with Gasteiger partial charge in [0.1, 0.15) is 0 Å². The Morgan fingerprint density at radius 3 is 2.75 bits per heavy atom. The number of carbonyl (C=O) groups is 1. The van der Waals surface area contributed by atoms with Gasteiger partial charge < -0.3 is 15.0 Å². The number of aliphatic hydroxyl groups excluding tert-OH is 1. The lowest BCUT2D eigenvalue weighted by molar-refractivity contribution is 0.0901. The summed E-state index contributed by atoms with van der Waals surface area (Å²) in [5.74, 6) is 0.129. The SMILES string of the molecule is Cc1cc(C(=O)CN2CC(O)CC2CN(C)C)c(C)[nH]1. The molecule has 2 heterocycles. The molecule has 2 unspecified atom stereocenters. The van der Waals surface area contributed by atoms with Crippen molar-refractivity contribution in [2.75, 3.05) is 33.7 Å². The molecule has 1 fully saturated rings. The third-order valence-corrected chi connectivity index (χ3v) is 3.88. The van der Waals surface area contributed by atoms with E-state index in [2.05, 4.69) is 14.8 Å². The number of H-pyrrole nitrogens is 1. The van der Waals surface area contributed by atoms with E-state index in [1.54, 1.807) is 0 Å². The summed E-state index contributed by atoms with van der Waals surface area (Å²) in [6, 6.07) is 2.16. The van der Waals surface area contributed by atoms with Crippen LogP contribution in [-0.4, -0.2) is 71.5 Å². The van der Waals surface area contributed by atoms with Gasteiger partial charge in [-0.1, -0.05) is 0 Å². The van der Waals surface area contributed by atoms with Gasteiger partial charge in [0.2, 0.25) is 0 Å². The van der Waals surface area contributed by atoms with Crippen molar-refractivity contribution in [3.63, 3.8) is 0 Å². The van der Waals surface area contributed by atoms with E-state index in [1.165, 1.54) is 0 Å². The molecule has 2 rings (SSSR count). The van der Waals surface area contributed by atoms with E-state index in [1.807, 2.05) is 34.0 Å². The molecule has 0 aliphatic carbocycles. The summed E-state index contributed by atoms with van der Waals surface area (Å²) in [6.45, 7) is 5.73. The Kier molecular flexibility index (Phi) is 4.62. The maximum absolute atomic E-state index is 12.4. The number of β-amino-alcohol motifs (C(OH)–C–C–N with tert-alkyl or cyclic N) is 1. The van der Waals surface area contributed by atoms with Crippen LogP contribution in [0.4, 0.5) is 0 Å².